The molecule has 0 amide bonds. The zero-order valence-electron chi connectivity index (χ0n) is 2.75. The third kappa shape index (κ3) is 1.12. The van der Waals surface area contributed by atoms with Gasteiger partial charge in [0, 0.05) is 10.5 Å². The number of aromatic nitrogens is 1. The molecule has 0 radical (unpaired) electrons. The number of anilines is 1. The molecule has 1 aromatic rings. The number of rotatable bonds is 0. The molecule has 0 atom stereocenters. The maximum atomic E-state index is 5.07. The first-order valence-electron chi connectivity index (χ1n) is 1.07. The van der Waals surface area contributed by atoms with Crippen molar-refractivity contribution in [1.29, 1.82) is 0 Å². The molecule has 0 aliphatic heterocycles. The zero-order chi connectivity index (χ0) is 3.70. The third-order valence-corrected chi connectivity index (χ3v) is 1.93. The molecule has 1 rings (SSSR count). The summed E-state index contributed by atoms with van der Waals surface area (Å²) in [7, 11) is 2.93. The molecule has 2 nitrogen and oxygen atoms in total. The highest BCUT2D eigenvalue weighted by atomic mass is 35.5. The van der Waals surface area contributed by atoms with E-state index in [1.165, 1.54) is 20.9 Å². The summed E-state index contributed by atoms with van der Waals surface area (Å²) in [5.74, 6) is 0. The second-order valence-electron chi connectivity index (χ2n) is 0.587. The molecule has 0 aromatic carbocycles. The maximum Gasteiger partial charge on any atom is 0.203 e. The minimum absolute atomic E-state index is 0. The van der Waals surface area contributed by atoms with Crippen molar-refractivity contribution >= 4 is 38.4 Å². The van der Waals surface area contributed by atoms with Crippen LogP contribution in [0.4, 0.5) is 5.13 Å². The molecule has 2 N–H and O–H groups in total. The lowest BCUT2D eigenvalue weighted by Crippen LogP contribution is -1.82. The van der Waals surface area contributed by atoms with Crippen LogP contribution in [0, 0.1) is 0 Å². The molecular weight excluding hydrogens is 140 g/mol. The van der Waals surface area contributed by atoms with Crippen molar-refractivity contribution in [3.63, 3.8) is 0 Å². The van der Waals surface area contributed by atoms with Crippen molar-refractivity contribution in [3.05, 3.63) is 0 Å². The summed E-state index contributed by atoms with van der Waals surface area (Å²) in [5, 5.41) is 0.690. The molecule has 6 heavy (non-hydrogen) atoms. The third-order valence-electron chi connectivity index (χ3n) is 0.250. The number of hydrogen-bond donors (Lipinski definition) is 1. The summed E-state index contributed by atoms with van der Waals surface area (Å²) >= 11 is 0. The molecule has 0 spiro atoms. The number of hydrogen-bond acceptors (Lipinski definition) is 4. The van der Waals surface area contributed by atoms with Crippen molar-refractivity contribution in [2.75, 3.05) is 5.73 Å². The van der Waals surface area contributed by atoms with Gasteiger partial charge in [-0.15, -0.1) is 12.4 Å². The molecule has 1 aromatic heterocycles. The van der Waals surface area contributed by atoms with Gasteiger partial charge in [-0.3, -0.25) is 0 Å². The molecule has 5 heteroatoms. The summed E-state index contributed by atoms with van der Waals surface area (Å²) < 4.78 is 3.64. The fraction of sp³-hybridized carbons (Fsp3) is 0. The van der Waals surface area contributed by atoms with Crippen LogP contribution in [-0.2, 0) is 0 Å². The highest BCUT2D eigenvalue weighted by molar-refractivity contribution is 7.70. The Morgan fingerprint density at radius 3 is 2.00 bits per heavy atom. The second kappa shape index (κ2) is 2.39. The van der Waals surface area contributed by atoms with Crippen LogP contribution < -0.4 is 5.73 Å². The summed E-state index contributed by atoms with van der Waals surface area (Å²) in [6.45, 7) is 0. The van der Waals surface area contributed by atoms with Crippen LogP contribution in [0.5, 0.6) is 0 Å². The van der Waals surface area contributed by atoms with E-state index in [9.17, 15) is 0 Å². The minimum Gasteiger partial charge on any atom is -0.374 e. The van der Waals surface area contributed by atoms with E-state index < -0.39 is 0 Å². The van der Waals surface area contributed by atoms with E-state index in [-0.39, 0.29) is 12.4 Å². The Balaban J connectivity index is 0.000000250. The number of nitrogen functional groups attached to an aromatic ring is 1. The molecular formula is CH3ClN2S2. The molecule has 1 heterocycles. The van der Waals surface area contributed by atoms with Crippen LogP contribution in [0.25, 0.3) is 0 Å². The van der Waals surface area contributed by atoms with Gasteiger partial charge in [-0.25, -0.2) is 0 Å². The van der Waals surface area contributed by atoms with Crippen molar-refractivity contribution in [1.82, 2.24) is 4.37 Å². The largest absolute Gasteiger partial charge is 0.374 e. The van der Waals surface area contributed by atoms with Gasteiger partial charge in [0.25, 0.3) is 0 Å². The zero-order valence-corrected chi connectivity index (χ0v) is 5.20. The highest BCUT2D eigenvalue weighted by Gasteiger charge is 1.82. The van der Waals surface area contributed by atoms with E-state index >= 15 is 0 Å². The lowest BCUT2D eigenvalue weighted by atomic mass is 11.3. The Bertz CT molecular complexity index is 93.7. The Hall–Kier alpha value is 0.200. The first kappa shape index (κ1) is 6.20. The van der Waals surface area contributed by atoms with Gasteiger partial charge in [-0.2, -0.15) is 4.37 Å². The van der Waals surface area contributed by atoms with Gasteiger partial charge >= 0.3 is 0 Å². The van der Waals surface area contributed by atoms with Crippen LogP contribution in [0.2, 0.25) is 0 Å². The van der Waals surface area contributed by atoms with Gasteiger partial charge in [0.05, 0.1) is 0 Å². The van der Waals surface area contributed by atoms with E-state index in [1.807, 2.05) is 0 Å². The van der Waals surface area contributed by atoms with Gasteiger partial charge in [0.2, 0.25) is 5.13 Å². The predicted molar refractivity (Wildman–Crippen MR) is 31.7 cm³/mol. The SMILES string of the molecule is Cl.Nc1nss1. The van der Waals surface area contributed by atoms with E-state index in [4.69, 9.17) is 5.73 Å². The van der Waals surface area contributed by atoms with Crippen LogP contribution in [0.1, 0.15) is 0 Å². The van der Waals surface area contributed by atoms with E-state index in [0.717, 1.165) is 0 Å². The van der Waals surface area contributed by atoms with E-state index in [0.29, 0.717) is 5.13 Å². The van der Waals surface area contributed by atoms with Gasteiger partial charge in [0.1, 0.15) is 0 Å². The lowest BCUT2D eigenvalue weighted by Gasteiger charge is -1.82. The number of nitrogens with zero attached hydrogens (tertiary/aromatic N) is 1. The fourth-order valence-electron chi connectivity index (χ4n) is 0.0803. The van der Waals surface area contributed by atoms with E-state index in [1.54, 1.807) is 0 Å². The fourth-order valence-corrected chi connectivity index (χ4v) is 0.723. The summed E-state index contributed by atoms with van der Waals surface area (Å²) in [5.41, 5.74) is 5.07. The summed E-state index contributed by atoms with van der Waals surface area (Å²) in [6.07, 6.45) is 0. The minimum atomic E-state index is 0. The number of nitrogens with two attached hydrogens (primary N) is 1. The van der Waals surface area contributed by atoms with Gasteiger partial charge in [0.15, 0.2) is 0 Å². The molecule has 0 saturated heterocycles. The van der Waals surface area contributed by atoms with Crippen molar-refractivity contribution < 1.29 is 0 Å². The summed E-state index contributed by atoms with van der Waals surface area (Å²) in [4.78, 5) is 0. The van der Waals surface area contributed by atoms with Gasteiger partial charge < -0.3 is 5.73 Å². The normalized spacial score (nSPS) is 7.33. The first-order chi connectivity index (χ1) is 2.39. The van der Waals surface area contributed by atoms with E-state index in [2.05, 4.69) is 4.37 Å². The van der Waals surface area contributed by atoms with Crippen molar-refractivity contribution in [2.24, 2.45) is 0 Å². The molecule has 0 aliphatic rings. The van der Waals surface area contributed by atoms with Crippen LogP contribution in [0.15, 0.2) is 0 Å². The quantitative estimate of drug-likeness (QED) is 0.553. The Labute approximate surface area is 48.9 Å². The maximum absolute atomic E-state index is 5.07. The van der Waals surface area contributed by atoms with Crippen molar-refractivity contribution in [2.45, 2.75) is 0 Å². The Morgan fingerprint density at radius 1 is 1.67 bits per heavy atom. The average Bonchev–Trinajstić information content (AvgIpc) is 1.30. The van der Waals surface area contributed by atoms with Gasteiger partial charge in [-0.1, -0.05) is 0 Å². The molecule has 0 aliphatic carbocycles. The first-order valence-corrected chi connectivity index (χ1v) is 3.17. The predicted octanol–water partition coefficient (Wildman–Crippen LogP) is 1.21. The van der Waals surface area contributed by atoms with Gasteiger partial charge in [-0.05, 0) is 10.3 Å². The lowest BCUT2D eigenvalue weighted by molar-refractivity contribution is 1.60. The smallest absolute Gasteiger partial charge is 0.203 e. The van der Waals surface area contributed by atoms with Crippen LogP contribution in [-0.4, -0.2) is 4.37 Å². The standard InChI is InChI=1S/CH2N2S2.ClH/c2-1-3-5-4-1;/h(H2,2,3);1H. The molecule has 0 fully saturated rings. The highest BCUT2D eigenvalue weighted by Crippen LogP contribution is 2.13. The number of halogens is 1. The van der Waals surface area contributed by atoms with Crippen LogP contribution >= 0.6 is 33.3 Å². The second-order valence-corrected chi connectivity index (χ2v) is 2.45. The molecule has 0 saturated carbocycles. The Kier molecular flexibility index (Phi) is 2.47. The monoisotopic (exact) mass is 142 g/mol. The average molecular weight is 143 g/mol. The molecule has 0 unspecified atom stereocenters. The van der Waals surface area contributed by atoms with Crippen molar-refractivity contribution in [3.8, 4) is 0 Å². The van der Waals surface area contributed by atoms with Crippen LogP contribution in [0.3, 0.4) is 0 Å². The molecule has 36 valence electrons. The molecule has 0 bridgehead atoms. The Morgan fingerprint density at radius 2 is 2.00 bits per heavy atom. The summed E-state index contributed by atoms with van der Waals surface area (Å²) in [6, 6.07) is 0. The topological polar surface area (TPSA) is 38.9 Å².